The number of rotatable bonds is 6. The summed E-state index contributed by atoms with van der Waals surface area (Å²) in [5.74, 6) is 0. The van der Waals surface area contributed by atoms with Crippen molar-refractivity contribution in [1.29, 1.82) is 0 Å². The molecule has 5 heteroatoms. The minimum absolute atomic E-state index is 0.0145. The van der Waals surface area contributed by atoms with Gasteiger partial charge < -0.3 is 20.5 Å². The van der Waals surface area contributed by atoms with E-state index in [1.165, 1.54) is 19.3 Å². The van der Waals surface area contributed by atoms with Gasteiger partial charge >= 0.3 is 6.03 Å². The highest BCUT2D eigenvalue weighted by molar-refractivity contribution is 5.74. The molecule has 0 saturated heterocycles. The molecule has 2 unspecified atom stereocenters. The lowest BCUT2D eigenvalue weighted by molar-refractivity contribution is -0.0410. The fraction of sp³-hybridized carbons (Fsp3) is 0.650. The Hall–Kier alpha value is -1.59. The largest absolute Gasteiger partial charge is 0.392 e. The molecule has 0 heterocycles. The molecule has 25 heavy (non-hydrogen) atoms. The van der Waals surface area contributed by atoms with E-state index in [4.69, 9.17) is 4.74 Å². The first kappa shape index (κ1) is 18.2. The Balaban J connectivity index is 1.49. The number of carbonyl (C=O) groups is 1. The predicted octanol–water partition coefficient (Wildman–Crippen LogP) is 3.25. The van der Waals surface area contributed by atoms with E-state index in [0.29, 0.717) is 12.6 Å². The summed E-state index contributed by atoms with van der Waals surface area (Å²) in [4.78, 5) is 12.3. The number of hydrogen-bond donors (Lipinski definition) is 3. The molecule has 2 aliphatic carbocycles. The molecule has 2 amide bonds. The van der Waals surface area contributed by atoms with Gasteiger partial charge in [-0.25, -0.2) is 4.79 Å². The summed E-state index contributed by atoms with van der Waals surface area (Å²) in [6, 6.07) is 7.56. The average Bonchev–Trinajstić information content (AvgIpc) is 3.15. The molecule has 5 nitrogen and oxygen atoms in total. The number of ether oxygens (including phenoxy) is 1. The van der Waals surface area contributed by atoms with Gasteiger partial charge in [-0.3, -0.25) is 0 Å². The predicted molar refractivity (Wildman–Crippen MR) is 97.1 cm³/mol. The summed E-state index contributed by atoms with van der Waals surface area (Å²) >= 11 is 0. The van der Waals surface area contributed by atoms with Crippen LogP contribution in [0.3, 0.4) is 0 Å². The second kappa shape index (κ2) is 9.20. The first-order valence-corrected chi connectivity index (χ1v) is 9.63. The average molecular weight is 346 g/mol. The molecule has 2 saturated carbocycles. The molecule has 0 aliphatic heterocycles. The number of nitrogens with one attached hydrogen (secondary N) is 2. The third kappa shape index (κ3) is 5.19. The van der Waals surface area contributed by atoms with Crippen molar-refractivity contribution in [1.82, 2.24) is 10.6 Å². The lowest BCUT2D eigenvalue weighted by atomic mass is 9.92. The number of aliphatic hydroxyl groups is 1. The molecule has 1 aromatic rings. The molecule has 1 aromatic carbocycles. The molecular formula is C20H30N2O3. The van der Waals surface area contributed by atoms with Gasteiger partial charge in [0, 0.05) is 6.54 Å². The number of aliphatic hydroxyl groups excluding tert-OH is 1. The van der Waals surface area contributed by atoms with Crippen LogP contribution >= 0.6 is 0 Å². The van der Waals surface area contributed by atoms with Crippen LogP contribution in [-0.2, 0) is 17.9 Å². The Morgan fingerprint density at radius 2 is 1.72 bits per heavy atom. The van der Waals surface area contributed by atoms with E-state index in [0.717, 1.165) is 43.2 Å². The first-order valence-electron chi connectivity index (χ1n) is 9.63. The fourth-order valence-corrected chi connectivity index (χ4v) is 3.98. The fourth-order valence-electron chi connectivity index (χ4n) is 3.98. The van der Waals surface area contributed by atoms with Crippen molar-refractivity contribution in [3.05, 3.63) is 35.4 Å². The Bertz CT molecular complexity index is 558. The van der Waals surface area contributed by atoms with Gasteiger partial charge in [0.1, 0.15) is 0 Å². The Kier molecular flexibility index (Phi) is 6.70. The molecule has 2 aliphatic rings. The van der Waals surface area contributed by atoms with E-state index in [1.807, 2.05) is 24.3 Å². The van der Waals surface area contributed by atoms with Gasteiger partial charge in [0.2, 0.25) is 0 Å². The maximum absolute atomic E-state index is 12.3. The lowest BCUT2D eigenvalue weighted by Crippen LogP contribution is -2.50. The summed E-state index contributed by atoms with van der Waals surface area (Å²) in [7, 11) is 0. The van der Waals surface area contributed by atoms with Gasteiger partial charge in [-0.1, -0.05) is 49.9 Å². The van der Waals surface area contributed by atoms with Gasteiger partial charge in [0.25, 0.3) is 0 Å². The molecule has 2 atom stereocenters. The maximum Gasteiger partial charge on any atom is 0.315 e. The van der Waals surface area contributed by atoms with Crippen LogP contribution in [0.4, 0.5) is 4.79 Å². The van der Waals surface area contributed by atoms with Crippen molar-refractivity contribution in [2.24, 2.45) is 0 Å². The number of urea groups is 1. The first-order chi connectivity index (χ1) is 12.3. The summed E-state index contributed by atoms with van der Waals surface area (Å²) < 4.78 is 6.29. The van der Waals surface area contributed by atoms with E-state index in [2.05, 4.69) is 10.6 Å². The quantitative estimate of drug-likeness (QED) is 0.740. The summed E-state index contributed by atoms with van der Waals surface area (Å²) in [6.07, 6.45) is 9.72. The maximum atomic E-state index is 12.3. The number of amides is 2. The van der Waals surface area contributed by atoms with Crippen LogP contribution in [0.2, 0.25) is 0 Å². The van der Waals surface area contributed by atoms with Gasteiger partial charge in [-0.2, -0.15) is 0 Å². The van der Waals surface area contributed by atoms with Crippen molar-refractivity contribution in [3.63, 3.8) is 0 Å². The topological polar surface area (TPSA) is 70.6 Å². The van der Waals surface area contributed by atoms with Crippen LogP contribution in [0.25, 0.3) is 0 Å². The van der Waals surface area contributed by atoms with Crippen LogP contribution in [0.1, 0.15) is 62.5 Å². The van der Waals surface area contributed by atoms with E-state index in [9.17, 15) is 9.90 Å². The standard InChI is InChI=1S/C20H30N2O3/c23-14-16-8-2-1-7-15(16)13-21-20(24)22-18-11-5-6-12-19(18)25-17-9-3-4-10-17/h1-2,7-8,17-19,23H,3-6,9-14H2,(H2,21,22,24). The second-order valence-electron chi connectivity index (χ2n) is 7.23. The molecule has 2 fully saturated rings. The van der Waals surface area contributed by atoms with Crippen molar-refractivity contribution >= 4 is 6.03 Å². The Labute approximate surface area is 150 Å². The molecule has 3 rings (SSSR count). The minimum Gasteiger partial charge on any atom is -0.392 e. The Morgan fingerprint density at radius 3 is 2.48 bits per heavy atom. The molecule has 0 bridgehead atoms. The highest BCUT2D eigenvalue weighted by atomic mass is 16.5. The number of benzene rings is 1. The monoisotopic (exact) mass is 346 g/mol. The SMILES string of the molecule is O=C(NCc1ccccc1CO)NC1CCCCC1OC1CCCC1. The van der Waals surface area contributed by atoms with Crippen LogP contribution in [0, 0.1) is 0 Å². The van der Waals surface area contributed by atoms with Crippen LogP contribution < -0.4 is 10.6 Å². The van der Waals surface area contributed by atoms with Crippen molar-refractivity contribution < 1.29 is 14.6 Å². The Morgan fingerprint density at radius 1 is 1.04 bits per heavy atom. The summed E-state index contributed by atoms with van der Waals surface area (Å²) in [5.41, 5.74) is 1.80. The zero-order valence-corrected chi connectivity index (χ0v) is 14.9. The lowest BCUT2D eigenvalue weighted by Gasteiger charge is -2.34. The minimum atomic E-state index is -0.153. The van der Waals surface area contributed by atoms with Crippen molar-refractivity contribution in [2.75, 3.05) is 0 Å². The highest BCUT2D eigenvalue weighted by Crippen LogP contribution is 2.28. The van der Waals surface area contributed by atoms with Gasteiger partial charge in [-0.15, -0.1) is 0 Å². The summed E-state index contributed by atoms with van der Waals surface area (Å²) in [6.45, 7) is 0.406. The van der Waals surface area contributed by atoms with E-state index in [1.54, 1.807) is 0 Å². The molecule has 3 N–H and O–H groups in total. The van der Waals surface area contributed by atoms with Gasteiger partial charge in [0.05, 0.1) is 24.9 Å². The van der Waals surface area contributed by atoms with Gasteiger partial charge in [0.15, 0.2) is 0 Å². The molecule has 0 radical (unpaired) electrons. The van der Waals surface area contributed by atoms with E-state index in [-0.39, 0.29) is 24.8 Å². The third-order valence-electron chi connectivity index (χ3n) is 5.42. The molecule has 138 valence electrons. The normalized spacial score (nSPS) is 24.2. The second-order valence-corrected chi connectivity index (χ2v) is 7.23. The number of carbonyl (C=O) groups excluding carboxylic acids is 1. The van der Waals surface area contributed by atoms with Crippen LogP contribution in [0.5, 0.6) is 0 Å². The van der Waals surface area contributed by atoms with Crippen LogP contribution in [0.15, 0.2) is 24.3 Å². The molecule has 0 aromatic heterocycles. The van der Waals surface area contributed by atoms with Crippen molar-refractivity contribution in [2.45, 2.75) is 82.8 Å². The van der Waals surface area contributed by atoms with E-state index < -0.39 is 0 Å². The van der Waals surface area contributed by atoms with E-state index >= 15 is 0 Å². The van der Waals surface area contributed by atoms with Crippen molar-refractivity contribution in [3.8, 4) is 0 Å². The zero-order valence-electron chi connectivity index (χ0n) is 14.9. The number of hydrogen-bond acceptors (Lipinski definition) is 3. The van der Waals surface area contributed by atoms with Gasteiger partial charge in [-0.05, 0) is 36.8 Å². The van der Waals surface area contributed by atoms with Crippen LogP contribution in [-0.4, -0.2) is 29.4 Å². The third-order valence-corrected chi connectivity index (χ3v) is 5.42. The molecule has 0 spiro atoms. The smallest absolute Gasteiger partial charge is 0.315 e. The highest BCUT2D eigenvalue weighted by Gasteiger charge is 2.30. The molecular weight excluding hydrogens is 316 g/mol. The zero-order chi connectivity index (χ0) is 17.5. The summed E-state index contributed by atoms with van der Waals surface area (Å²) in [5, 5.41) is 15.4.